The summed E-state index contributed by atoms with van der Waals surface area (Å²) >= 11 is 12.0. The molecule has 0 aliphatic carbocycles. The smallest absolute Gasteiger partial charge is 0.255 e. The van der Waals surface area contributed by atoms with Gasteiger partial charge in [-0.3, -0.25) is 4.79 Å². The molecule has 0 bridgehead atoms. The van der Waals surface area contributed by atoms with Gasteiger partial charge in [0.2, 0.25) is 0 Å². The zero-order valence-corrected chi connectivity index (χ0v) is 16.9. The minimum Gasteiger partial charge on any atom is -0.396 e. The molecule has 3 N–H and O–H groups in total. The van der Waals surface area contributed by atoms with Gasteiger partial charge in [-0.1, -0.05) is 53.5 Å². The van der Waals surface area contributed by atoms with Crippen LogP contribution in [0.1, 0.15) is 15.9 Å². The Labute approximate surface area is 173 Å². The first-order valence-corrected chi connectivity index (χ1v) is 10.6. The third-order valence-corrected chi connectivity index (χ3v) is 6.31. The summed E-state index contributed by atoms with van der Waals surface area (Å²) in [6.45, 7) is 0. The molecular formula is C20H16Cl2N2O3S. The lowest BCUT2D eigenvalue weighted by Gasteiger charge is -2.10. The van der Waals surface area contributed by atoms with Crippen molar-refractivity contribution in [1.29, 1.82) is 0 Å². The van der Waals surface area contributed by atoms with Crippen LogP contribution in [-0.4, -0.2) is 14.3 Å². The fourth-order valence-corrected chi connectivity index (χ4v) is 4.44. The highest BCUT2D eigenvalue weighted by Gasteiger charge is 2.16. The number of carbonyl (C=O) groups excluding carboxylic acids is 1. The summed E-state index contributed by atoms with van der Waals surface area (Å²) in [5.41, 5.74) is 7.12. The zero-order chi connectivity index (χ0) is 20.3. The molecule has 0 aliphatic rings. The number of amides is 1. The first-order valence-electron chi connectivity index (χ1n) is 8.19. The summed E-state index contributed by atoms with van der Waals surface area (Å²) in [5, 5.41) is 3.13. The molecule has 1 amide bonds. The van der Waals surface area contributed by atoms with E-state index in [0.717, 1.165) is 0 Å². The molecule has 0 fully saturated rings. The minimum atomic E-state index is -3.51. The standard InChI is InChI=1S/C20H16Cl2N2O3S/c21-17-10-15(11-18(22)19(17)23)24-20(25)14-6-4-5-13(9-14)12-28(26,27)16-7-2-1-3-8-16/h1-11H,12,23H2,(H,24,25). The van der Waals surface area contributed by atoms with E-state index in [0.29, 0.717) is 16.8 Å². The summed E-state index contributed by atoms with van der Waals surface area (Å²) in [6.07, 6.45) is 0. The van der Waals surface area contributed by atoms with E-state index >= 15 is 0 Å². The van der Waals surface area contributed by atoms with Crippen molar-refractivity contribution in [1.82, 2.24) is 0 Å². The molecule has 5 nitrogen and oxygen atoms in total. The van der Waals surface area contributed by atoms with E-state index in [1.165, 1.54) is 18.2 Å². The van der Waals surface area contributed by atoms with Gasteiger partial charge in [-0.15, -0.1) is 0 Å². The Morgan fingerprint density at radius 2 is 1.57 bits per heavy atom. The number of carbonyl (C=O) groups is 1. The normalized spacial score (nSPS) is 11.2. The molecule has 0 spiro atoms. The van der Waals surface area contributed by atoms with Crippen LogP contribution in [0.2, 0.25) is 10.0 Å². The number of nitrogens with two attached hydrogens (primary N) is 1. The average Bonchev–Trinajstić information content (AvgIpc) is 2.66. The fourth-order valence-electron chi connectivity index (χ4n) is 2.59. The Balaban J connectivity index is 1.80. The molecule has 28 heavy (non-hydrogen) atoms. The third kappa shape index (κ3) is 4.65. The van der Waals surface area contributed by atoms with Crippen molar-refractivity contribution in [3.05, 3.63) is 87.9 Å². The molecule has 8 heteroatoms. The van der Waals surface area contributed by atoms with Gasteiger partial charge >= 0.3 is 0 Å². The predicted molar refractivity (Wildman–Crippen MR) is 113 cm³/mol. The number of hydrogen-bond acceptors (Lipinski definition) is 4. The van der Waals surface area contributed by atoms with Gasteiger partial charge in [-0.05, 0) is 42.0 Å². The second-order valence-electron chi connectivity index (χ2n) is 6.08. The van der Waals surface area contributed by atoms with Gasteiger partial charge < -0.3 is 11.1 Å². The molecule has 144 valence electrons. The van der Waals surface area contributed by atoms with Crippen molar-refractivity contribution in [2.24, 2.45) is 0 Å². The number of benzene rings is 3. The van der Waals surface area contributed by atoms with Crippen molar-refractivity contribution < 1.29 is 13.2 Å². The van der Waals surface area contributed by atoms with E-state index in [1.54, 1.807) is 48.5 Å². The lowest BCUT2D eigenvalue weighted by atomic mass is 10.1. The van der Waals surface area contributed by atoms with E-state index in [1.807, 2.05) is 0 Å². The first-order chi connectivity index (χ1) is 13.3. The second kappa shape index (κ2) is 8.22. The van der Waals surface area contributed by atoms with Crippen LogP contribution in [0.3, 0.4) is 0 Å². The van der Waals surface area contributed by atoms with E-state index in [4.69, 9.17) is 28.9 Å². The van der Waals surface area contributed by atoms with E-state index < -0.39 is 15.7 Å². The molecule has 0 heterocycles. The molecule has 3 rings (SSSR count). The van der Waals surface area contributed by atoms with Crippen LogP contribution in [-0.2, 0) is 15.6 Å². The van der Waals surface area contributed by atoms with Gasteiger partial charge in [0.1, 0.15) is 0 Å². The summed E-state index contributed by atoms with van der Waals surface area (Å²) in [6, 6.07) is 17.6. The zero-order valence-electron chi connectivity index (χ0n) is 14.5. The van der Waals surface area contributed by atoms with Crippen LogP contribution in [0.25, 0.3) is 0 Å². The van der Waals surface area contributed by atoms with Gasteiger partial charge in [-0.2, -0.15) is 0 Å². The molecule has 0 unspecified atom stereocenters. The second-order valence-corrected chi connectivity index (χ2v) is 8.88. The molecule has 0 aliphatic heterocycles. The minimum absolute atomic E-state index is 0.211. The fraction of sp³-hybridized carbons (Fsp3) is 0.0500. The maximum absolute atomic E-state index is 12.5. The average molecular weight is 435 g/mol. The van der Waals surface area contributed by atoms with E-state index in [2.05, 4.69) is 5.32 Å². The van der Waals surface area contributed by atoms with Crippen molar-refractivity contribution in [2.45, 2.75) is 10.6 Å². The Kier molecular flexibility index (Phi) is 5.93. The van der Waals surface area contributed by atoms with Gasteiger partial charge in [0.25, 0.3) is 5.91 Å². The third-order valence-electron chi connectivity index (χ3n) is 3.99. The van der Waals surface area contributed by atoms with Crippen LogP contribution in [0.5, 0.6) is 0 Å². The van der Waals surface area contributed by atoms with Crippen molar-refractivity contribution in [3.63, 3.8) is 0 Å². The number of sulfone groups is 1. The predicted octanol–water partition coefficient (Wildman–Crippen LogP) is 4.80. The SMILES string of the molecule is Nc1c(Cl)cc(NC(=O)c2cccc(CS(=O)(=O)c3ccccc3)c2)cc1Cl. The molecule has 3 aromatic rings. The molecule has 0 saturated heterocycles. The molecule has 0 saturated carbocycles. The van der Waals surface area contributed by atoms with Crippen LogP contribution < -0.4 is 11.1 Å². The quantitative estimate of drug-likeness (QED) is 0.564. The van der Waals surface area contributed by atoms with Crippen LogP contribution >= 0.6 is 23.2 Å². The lowest BCUT2D eigenvalue weighted by Crippen LogP contribution is -2.13. The summed E-state index contributed by atoms with van der Waals surface area (Å²) in [7, 11) is -3.51. The Morgan fingerprint density at radius 3 is 2.21 bits per heavy atom. The number of hydrogen-bond donors (Lipinski definition) is 2. The van der Waals surface area contributed by atoms with Crippen LogP contribution in [0.4, 0.5) is 11.4 Å². The van der Waals surface area contributed by atoms with Crippen LogP contribution in [0, 0.1) is 0 Å². The monoisotopic (exact) mass is 434 g/mol. The Bertz CT molecular complexity index is 1110. The number of anilines is 2. The molecular weight excluding hydrogens is 419 g/mol. The highest BCUT2D eigenvalue weighted by molar-refractivity contribution is 7.90. The number of rotatable bonds is 5. The van der Waals surface area contributed by atoms with E-state index in [9.17, 15) is 13.2 Å². The van der Waals surface area contributed by atoms with Crippen LogP contribution in [0.15, 0.2) is 71.6 Å². The largest absolute Gasteiger partial charge is 0.396 e. The van der Waals surface area contributed by atoms with Crippen molar-refractivity contribution in [3.8, 4) is 0 Å². The maximum Gasteiger partial charge on any atom is 0.255 e. The van der Waals surface area contributed by atoms with Crippen molar-refractivity contribution >= 4 is 50.3 Å². The maximum atomic E-state index is 12.5. The molecule has 0 atom stereocenters. The number of nitrogen functional groups attached to an aromatic ring is 1. The van der Waals surface area contributed by atoms with Gasteiger partial charge in [0.05, 0.1) is 26.4 Å². The highest BCUT2D eigenvalue weighted by atomic mass is 35.5. The lowest BCUT2D eigenvalue weighted by molar-refractivity contribution is 0.102. The van der Waals surface area contributed by atoms with Crippen molar-refractivity contribution in [2.75, 3.05) is 11.1 Å². The number of nitrogens with one attached hydrogen (secondary N) is 1. The summed E-state index contributed by atoms with van der Waals surface area (Å²) < 4.78 is 25.1. The van der Waals surface area contributed by atoms with Gasteiger partial charge in [0, 0.05) is 11.3 Å². The van der Waals surface area contributed by atoms with Gasteiger partial charge in [0.15, 0.2) is 9.84 Å². The molecule has 0 aromatic heterocycles. The highest BCUT2D eigenvalue weighted by Crippen LogP contribution is 2.31. The Morgan fingerprint density at radius 1 is 0.929 bits per heavy atom. The Hall–Kier alpha value is -2.54. The first kappa shape index (κ1) is 20.2. The molecule has 0 radical (unpaired) electrons. The summed E-state index contributed by atoms with van der Waals surface area (Å²) in [5.74, 6) is -0.631. The van der Waals surface area contributed by atoms with Gasteiger partial charge in [-0.25, -0.2) is 8.42 Å². The molecule has 3 aromatic carbocycles. The summed E-state index contributed by atoms with van der Waals surface area (Å²) in [4.78, 5) is 12.8. The topological polar surface area (TPSA) is 89.3 Å². The number of halogens is 2. The van der Waals surface area contributed by atoms with E-state index in [-0.39, 0.29) is 26.4 Å².